The molecule has 0 amide bonds. The number of nitrogens with zero attached hydrogens (tertiary/aromatic N) is 4. The van der Waals surface area contributed by atoms with E-state index in [1.807, 2.05) is 42.5 Å². The third kappa shape index (κ3) is 4.02. The van der Waals surface area contributed by atoms with Crippen molar-refractivity contribution in [1.82, 2.24) is 9.66 Å². The fourth-order valence-electron chi connectivity index (χ4n) is 3.46. The molecule has 5 aromatic rings. The first-order chi connectivity index (χ1) is 16.1. The Labute approximate surface area is 196 Å². The first-order valence-electron chi connectivity index (χ1n) is 9.98. The average molecular weight is 499 g/mol. The second-order valence-electron chi connectivity index (χ2n) is 7.09. The van der Waals surface area contributed by atoms with Gasteiger partial charge in [-0.05, 0) is 42.5 Å². The van der Waals surface area contributed by atoms with Crippen molar-refractivity contribution in [1.29, 1.82) is 5.26 Å². The van der Waals surface area contributed by atoms with Crippen LogP contribution in [0.2, 0.25) is 0 Å². The summed E-state index contributed by atoms with van der Waals surface area (Å²) < 4.78 is 13.5. The van der Waals surface area contributed by atoms with Gasteiger partial charge in [-0.25, -0.2) is 4.98 Å². The Morgan fingerprint density at radius 3 is 2.79 bits per heavy atom. The van der Waals surface area contributed by atoms with Crippen LogP contribution >= 0.6 is 15.9 Å². The molecule has 3 aromatic carbocycles. The quantitative estimate of drug-likeness (QED) is 0.304. The number of benzene rings is 3. The highest BCUT2D eigenvalue weighted by Crippen LogP contribution is 2.27. The van der Waals surface area contributed by atoms with E-state index < -0.39 is 0 Å². The van der Waals surface area contributed by atoms with Crippen molar-refractivity contribution in [2.75, 3.05) is 6.61 Å². The Morgan fingerprint density at radius 1 is 1.12 bits per heavy atom. The minimum atomic E-state index is -0.332. The highest BCUT2D eigenvalue weighted by Gasteiger charge is 2.16. The Morgan fingerprint density at radius 2 is 1.94 bits per heavy atom. The van der Waals surface area contributed by atoms with E-state index in [-0.39, 0.29) is 18.0 Å². The lowest BCUT2D eigenvalue weighted by molar-refractivity contribution is 0.367. The molecule has 7 nitrogen and oxygen atoms in total. The van der Waals surface area contributed by atoms with Gasteiger partial charge < -0.3 is 9.15 Å². The van der Waals surface area contributed by atoms with Gasteiger partial charge in [0.05, 0.1) is 17.1 Å². The van der Waals surface area contributed by atoms with Gasteiger partial charge >= 0.3 is 0 Å². The number of fused-ring (bicyclic) bond motifs is 2. The predicted molar refractivity (Wildman–Crippen MR) is 129 cm³/mol. The van der Waals surface area contributed by atoms with Gasteiger partial charge in [-0.2, -0.15) is 15.0 Å². The summed E-state index contributed by atoms with van der Waals surface area (Å²) in [5, 5.41) is 14.6. The molecule has 0 bridgehead atoms. The van der Waals surface area contributed by atoms with Crippen molar-refractivity contribution in [2.45, 2.75) is 0 Å². The minimum absolute atomic E-state index is 0.107. The molecule has 0 saturated heterocycles. The zero-order valence-electron chi connectivity index (χ0n) is 17.1. The number of furan rings is 1. The maximum absolute atomic E-state index is 13.4. The molecule has 0 spiro atoms. The third-order valence-electron chi connectivity index (χ3n) is 4.98. The van der Waals surface area contributed by atoms with Gasteiger partial charge in [0.1, 0.15) is 17.4 Å². The SMILES string of the molecule is N#CCOc1ccc(Br)cc1C=Nn1c(-c2cc3ccccc3o2)nc2ccccc2c1=O. The molecule has 0 aliphatic heterocycles. The van der Waals surface area contributed by atoms with Crippen LogP contribution in [-0.4, -0.2) is 22.5 Å². The van der Waals surface area contributed by atoms with Crippen molar-refractivity contribution in [3.05, 3.63) is 93.2 Å². The van der Waals surface area contributed by atoms with Crippen molar-refractivity contribution >= 4 is 44.0 Å². The van der Waals surface area contributed by atoms with Crippen LogP contribution in [0, 0.1) is 11.3 Å². The Bertz CT molecular complexity index is 1600. The van der Waals surface area contributed by atoms with Crippen molar-refractivity contribution in [3.63, 3.8) is 0 Å². The molecule has 0 fully saturated rings. The van der Waals surface area contributed by atoms with E-state index in [9.17, 15) is 4.79 Å². The van der Waals surface area contributed by atoms with E-state index >= 15 is 0 Å². The summed E-state index contributed by atoms with van der Waals surface area (Å²) in [5.74, 6) is 1.17. The monoisotopic (exact) mass is 498 g/mol. The topological polar surface area (TPSA) is 93.4 Å². The van der Waals surface area contributed by atoms with Crippen LogP contribution in [-0.2, 0) is 0 Å². The highest BCUT2D eigenvalue weighted by atomic mass is 79.9. The number of hydrogen-bond acceptors (Lipinski definition) is 6. The minimum Gasteiger partial charge on any atom is -0.478 e. The predicted octanol–water partition coefficient (Wildman–Crippen LogP) is 5.36. The van der Waals surface area contributed by atoms with Crippen LogP contribution in [0.5, 0.6) is 5.75 Å². The third-order valence-corrected chi connectivity index (χ3v) is 5.47. The van der Waals surface area contributed by atoms with E-state index in [0.717, 1.165) is 9.86 Å². The highest BCUT2D eigenvalue weighted by molar-refractivity contribution is 9.10. The van der Waals surface area contributed by atoms with E-state index in [2.05, 4.69) is 26.0 Å². The van der Waals surface area contributed by atoms with Crippen LogP contribution in [0.4, 0.5) is 0 Å². The lowest BCUT2D eigenvalue weighted by Crippen LogP contribution is -2.20. The molecule has 0 radical (unpaired) electrons. The summed E-state index contributed by atoms with van der Waals surface area (Å²) in [5.41, 5.74) is 1.49. The number of halogens is 1. The molecular weight excluding hydrogens is 484 g/mol. The number of aromatic nitrogens is 2. The van der Waals surface area contributed by atoms with E-state index in [1.165, 1.54) is 10.9 Å². The first kappa shape index (κ1) is 20.7. The molecule has 0 aliphatic carbocycles. The maximum Gasteiger partial charge on any atom is 0.282 e. The fraction of sp³-hybridized carbons (Fsp3) is 0.0400. The molecule has 0 atom stereocenters. The average Bonchev–Trinajstić information content (AvgIpc) is 3.27. The van der Waals surface area contributed by atoms with Crippen LogP contribution in [0.25, 0.3) is 33.5 Å². The van der Waals surface area contributed by atoms with Gasteiger partial charge in [-0.3, -0.25) is 4.79 Å². The normalized spacial score (nSPS) is 11.3. The van der Waals surface area contributed by atoms with Crippen LogP contribution in [0.3, 0.4) is 0 Å². The molecule has 5 rings (SSSR count). The van der Waals surface area contributed by atoms with Gasteiger partial charge in [0.2, 0.25) is 5.82 Å². The second-order valence-corrected chi connectivity index (χ2v) is 8.01. The van der Waals surface area contributed by atoms with Crippen molar-refractivity contribution in [3.8, 4) is 23.4 Å². The van der Waals surface area contributed by atoms with E-state index in [1.54, 1.807) is 36.4 Å². The van der Waals surface area contributed by atoms with Gasteiger partial charge in [-0.1, -0.05) is 46.3 Å². The van der Waals surface area contributed by atoms with Gasteiger partial charge in [0.25, 0.3) is 5.56 Å². The van der Waals surface area contributed by atoms with E-state index in [0.29, 0.717) is 33.6 Å². The summed E-state index contributed by atoms with van der Waals surface area (Å²) in [4.78, 5) is 18.0. The first-order valence-corrected chi connectivity index (χ1v) is 10.8. The maximum atomic E-state index is 13.4. The molecule has 33 heavy (non-hydrogen) atoms. The van der Waals surface area contributed by atoms with Crippen molar-refractivity contribution in [2.24, 2.45) is 5.10 Å². The van der Waals surface area contributed by atoms with Gasteiger partial charge in [0, 0.05) is 15.4 Å². The molecule has 0 saturated carbocycles. The van der Waals surface area contributed by atoms with Crippen LogP contribution in [0.1, 0.15) is 5.56 Å². The standard InChI is InChI=1S/C25H15BrN4O3/c26-18-9-10-21(32-12-11-27)17(13-18)15-28-30-24(23-14-16-5-1-4-8-22(16)33-23)29-20-7-3-2-6-19(20)25(30)31/h1-10,13-15H,12H2. The number of para-hydroxylation sites is 2. The van der Waals surface area contributed by atoms with Crippen LogP contribution in [0.15, 0.2) is 91.6 Å². The zero-order valence-corrected chi connectivity index (χ0v) is 18.7. The molecule has 0 aliphatic rings. The summed E-state index contributed by atoms with van der Waals surface area (Å²) >= 11 is 3.43. The zero-order chi connectivity index (χ0) is 22.8. The molecule has 8 heteroatoms. The largest absolute Gasteiger partial charge is 0.478 e. The van der Waals surface area contributed by atoms with Crippen LogP contribution < -0.4 is 10.3 Å². The van der Waals surface area contributed by atoms with Gasteiger partial charge in [0.15, 0.2) is 12.4 Å². The second kappa shape index (κ2) is 8.73. The Kier molecular flexibility index (Phi) is 5.47. The number of ether oxygens (including phenoxy) is 1. The molecule has 2 heterocycles. The summed E-state index contributed by atoms with van der Waals surface area (Å²) in [6, 6.07) is 23.8. The van der Waals surface area contributed by atoms with Gasteiger partial charge in [-0.15, -0.1) is 0 Å². The smallest absolute Gasteiger partial charge is 0.282 e. The number of rotatable bonds is 5. The number of nitriles is 1. The molecule has 0 N–H and O–H groups in total. The molecule has 2 aromatic heterocycles. The molecular formula is C25H15BrN4O3. The van der Waals surface area contributed by atoms with E-state index in [4.69, 9.17) is 14.4 Å². The Hall–Kier alpha value is -4.22. The summed E-state index contributed by atoms with van der Waals surface area (Å²) in [6.45, 7) is -0.107. The molecule has 0 unspecified atom stereocenters. The summed E-state index contributed by atoms with van der Waals surface area (Å²) in [7, 11) is 0. The summed E-state index contributed by atoms with van der Waals surface area (Å²) in [6.07, 6.45) is 1.50. The lowest BCUT2D eigenvalue weighted by Gasteiger charge is -2.09. The van der Waals surface area contributed by atoms with Crippen molar-refractivity contribution < 1.29 is 9.15 Å². The molecule has 160 valence electrons. The Balaban J connectivity index is 1.70. The lowest BCUT2D eigenvalue weighted by atomic mass is 10.2. The fourth-order valence-corrected chi connectivity index (χ4v) is 3.84. The number of hydrogen-bond donors (Lipinski definition) is 0.